The molecule has 1 rings (SSSR count). The second-order valence-corrected chi connectivity index (χ2v) is 9.78. The van der Waals surface area contributed by atoms with Crippen molar-refractivity contribution in [3.8, 4) is 0 Å². The first-order valence-corrected chi connectivity index (χ1v) is 9.18. The van der Waals surface area contributed by atoms with E-state index in [9.17, 15) is 0 Å². The van der Waals surface area contributed by atoms with Crippen LogP contribution in [0.2, 0.25) is 18.1 Å². The van der Waals surface area contributed by atoms with E-state index in [0.717, 1.165) is 5.75 Å². The van der Waals surface area contributed by atoms with Crippen LogP contribution in [-0.2, 0) is 5.75 Å². The Labute approximate surface area is 101 Å². The standard InChI is InChI=1S/C13H22SSi/c1-4-15(5-2,6-3)13-9-7-8-12(10-13)11-14/h7-10,14H,4-6,11H2,1-3H3. The molecule has 84 valence electrons. The fourth-order valence-electron chi connectivity index (χ4n) is 2.36. The highest BCUT2D eigenvalue weighted by molar-refractivity contribution is 7.79. The van der Waals surface area contributed by atoms with Crippen LogP contribution in [0.5, 0.6) is 0 Å². The molecule has 0 bridgehead atoms. The predicted octanol–water partition coefficient (Wildman–Crippen LogP) is 3.83. The summed E-state index contributed by atoms with van der Waals surface area (Å²) in [6.45, 7) is 7.06. The third-order valence-corrected chi connectivity index (χ3v) is 9.71. The fourth-order valence-corrected chi connectivity index (χ4v) is 6.22. The molecule has 0 saturated carbocycles. The Kier molecular flexibility index (Phi) is 4.93. The van der Waals surface area contributed by atoms with E-state index >= 15 is 0 Å². The van der Waals surface area contributed by atoms with E-state index < -0.39 is 8.07 Å². The molecule has 0 aliphatic rings. The summed E-state index contributed by atoms with van der Waals surface area (Å²) in [4.78, 5) is 0. The average molecular weight is 238 g/mol. The molecular weight excluding hydrogens is 216 g/mol. The van der Waals surface area contributed by atoms with E-state index in [0.29, 0.717) is 0 Å². The highest BCUT2D eigenvalue weighted by Gasteiger charge is 2.28. The minimum absolute atomic E-state index is 0.857. The predicted molar refractivity (Wildman–Crippen MR) is 76.0 cm³/mol. The highest BCUT2D eigenvalue weighted by atomic mass is 32.1. The molecule has 0 aliphatic carbocycles. The first-order chi connectivity index (χ1) is 7.22. The minimum Gasteiger partial charge on any atom is -0.175 e. The van der Waals surface area contributed by atoms with Gasteiger partial charge in [0.1, 0.15) is 0 Å². The summed E-state index contributed by atoms with van der Waals surface area (Å²) in [5, 5.41) is 1.63. The van der Waals surface area contributed by atoms with Gasteiger partial charge in [-0.05, 0) is 5.56 Å². The second-order valence-electron chi connectivity index (χ2n) is 4.20. The van der Waals surface area contributed by atoms with Gasteiger partial charge in [0.2, 0.25) is 0 Å². The zero-order valence-corrected chi connectivity index (χ0v) is 12.0. The van der Waals surface area contributed by atoms with Gasteiger partial charge in [-0.15, -0.1) is 0 Å². The van der Waals surface area contributed by atoms with Crippen molar-refractivity contribution in [3.05, 3.63) is 29.8 Å². The first-order valence-electron chi connectivity index (χ1n) is 5.92. The Balaban J connectivity index is 3.10. The van der Waals surface area contributed by atoms with Crippen molar-refractivity contribution in [3.63, 3.8) is 0 Å². The zero-order chi connectivity index (χ0) is 11.3. The van der Waals surface area contributed by atoms with E-state index in [1.807, 2.05) is 0 Å². The summed E-state index contributed by atoms with van der Waals surface area (Å²) in [6, 6.07) is 13.2. The third-order valence-electron chi connectivity index (χ3n) is 3.75. The van der Waals surface area contributed by atoms with Gasteiger partial charge in [0, 0.05) is 5.75 Å². The summed E-state index contributed by atoms with van der Waals surface area (Å²) in [7, 11) is -1.18. The maximum absolute atomic E-state index is 4.36. The van der Waals surface area contributed by atoms with Crippen LogP contribution in [0.1, 0.15) is 26.3 Å². The van der Waals surface area contributed by atoms with Crippen molar-refractivity contribution < 1.29 is 0 Å². The molecule has 0 fully saturated rings. The minimum atomic E-state index is -1.18. The molecule has 0 N–H and O–H groups in total. The molecule has 0 spiro atoms. The van der Waals surface area contributed by atoms with Crippen molar-refractivity contribution in [2.75, 3.05) is 0 Å². The number of benzene rings is 1. The Morgan fingerprint density at radius 1 is 1.07 bits per heavy atom. The molecule has 0 aromatic heterocycles. The molecule has 0 radical (unpaired) electrons. The lowest BCUT2D eigenvalue weighted by atomic mass is 10.2. The fraction of sp³-hybridized carbons (Fsp3) is 0.538. The van der Waals surface area contributed by atoms with Gasteiger partial charge in [-0.3, -0.25) is 0 Å². The van der Waals surface area contributed by atoms with E-state index in [2.05, 4.69) is 57.7 Å². The maximum Gasteiger partial charge on any atom is 0.0859 e. The van der Waals surface area contributed by atoms with Crippen molar-refractivity contribution >= 4 is 25.9 Å². The lowest BCUT2D eigenvalue weighted by Crippen LogP contribution is -2.45. The third kappa shape index (κ3) is 2.67. The van der Waals surface area contributed by atoms with Crippen LogP contribution < -0.4 is 5.19 Å². The largest absolute Gasteiger partial charge is 0.175 e. The van der Waals surface area contributed by atoms with Gasteiger partial charge in [0.05, 0.1) is 8.07 Å². The van der Waals surface area contributed by atoms with Gasteiger partial charge >= 0.3 is 0 Å². The summed E-state index contributed by atoms with van der Waals surface area (Å²) in [5.74, 6) is 0.857. The van der Waals surface area contributed by atoms with Gasteiger partial charge in [-0.1, -0.05) is 68.4 Å². The number of rotatable bonds is 5. The molecule has 1 aromatic rings. The lowest BCUT2D eigenvalue weighted by molar-refractivity contribution is 1.19. The van der Waals surface area contributed by atoms with Crippen molar-refractivity contribution in [2.24, 2.45) is 0 Å². The quantitative estimate of drug-likeness (QED) is 0.585. The van der Waals surface area contributed by atoms with Crippen LogP contribution in [0.4, 0.5) is 0 Å². The van der Waals surface area contributed by atoms with E-state index in [1.165, 1.54) is 23.7 Å². The zero-order valence-electron chi connectivity index (χ0n) is 10.1. The molecule has 0 atom stereocenters. The second kappa shape index (κ2) is 5.76. The molecule has 15 heavy (non-hydrogen) atoms. The van der Waals surface area contributed by atoms with Crippen molar-refractivity contribution in [2.45, 2.75) is 44.7 Å². The summed E-state index contributed by atoms with van der Waals surface area (Å²) in [5.41, 5.74) is 1.36. The Morgan fingerprint density at radius 2 is 1.67 bits per heavy atom. The molecule has 0 heterocycles. The van der Waals surface area contributed by atoms with E-state index in [1.54, 1.807) is 5.19 Å². The summed E-state index contributed by atoms with van der Waals surface area (Å²) in [6.07, 6.45) is 0. The highest BCUT2D eigenvalue weighted by Crippen LogP contribution is 2.20. The topological polar surface area (TPSA) is 0 Å². The van der Waals surface area contributed by atoms with Gasteiger partial charge in [0.25, 0.3) is 0 Å². The molecule has 0 nitrogen and oxygen atoms in total. The average Bonchev–Trinajstić information content (AvgIpc) is 2.32. The lowest BCUT2D eigenvalue weighted by Gasteiger charge is -2.29. The summed E-state index contributed by atoms with van der Waals surface area (Å²) >= 11 is 4.36. The van der Waals surface area contributed by atoms with Gasteiger partial charge in [-0.2, -0.15) is 12.6 Å². The normalized spacial score (nSPS) is 11.7. The first kappa shape index (κ1) is 12.9. The SMILES string of the molecule is CC[Si](CC)(CC)c1cccc(CS)c1. The number of hydrogen-bond donors (Lipinski definition) is 1. The maximum atomic E-state index is 4.36. The molecule has 0 aliphatic heterocycles. The van der Waals surface area contributed by atoms with E-state index in [4.69, 9.17) is 0 Å². The Morgan fingerprint density at radius 3 is 2.13 bits per heavy atom. The molecule has 2 heteroatoms. The van der Waals surface area contributed by atoms with Crippen LogP contribution in [0.3, 0.4) is 0 Å². The van der Waals surface area contributed by atoms with E-state index in [-0.39, 0.29) is 0 Å². The van der Waals surface area contributed by atoms with Crippen molar-refractivity contribution in [1.82, 2.24) is 0 Å². The molecule has 0 saturated heterocycles. The van der Waals surface area contributed by atoms with Crippen LogP contribution in [0.15, 0.2) is 24.3 Å². The van der Waals surface area contributed by atoms with Gasteiger partial charge < -0.3 is 0 Å². The van der Waals surface area contributed by atoms with Crippen LogP contribution in [0, 0.1) is 0 Å². The Hall–Kier alpha value is -0.213. The number of thiol groups is 1. The number of hydrogen-bond acceptors (Lipinski definition) is 1. The van der Waals surface area contributed by atoms with Crippen molar-refractivity contribution in [1.29, 1.82) is 0 Å². The molecule has 0 unspecified atom stereocenters. The molecule has 0 amide bonds. The monoisotopic (exact) mass is 238 g/mol. The van der Waals surface area contributed by atoms with Crippen LogP contribution in [-0.4, -0.2) is 8.07 Å². The van der Waals surface area contributed by atoms with Gasteiger partial charge in [-0.25, -0.2) is 0 Å². The smallest absolute Gasteiger partial charge is 0.0859 e. The van der Waals surface area contributed by atoms with Crippen LogP contribution >= 0.6 is 12.6 Å². The molecule has 1 aromatic carbocycles. The Bertz CT molecular complexity index is 297. The van der Waals surface area contributed by atoms with Crippen LogP contribution in [0.25, 0.3) is 0 Å². The molecular formula is C13H22SSi. The summed E-state index contributed by atoms with van der Waals surface area (Å²) < 4.78 is 0. The van der Waals surface area contributed by atoms with Gasteiger partial charge in [0.15, 0.2) is 0 Å².